The van der Waals surface area contributed by atoms with Gasteiger partial charge < -0.3 is 18.9 Å². The Balaban J connectivity index is 1.79. The quantitative estimate of drug-likeness (QED) is 0.440. The molecular formula is C17H24O5. The second-order valence-corrected chi connectivity index (χ2v) is 5.99. The first-order chi connectivity index (χ1) is 10.5. The van der Waals surface area contributed by atoms with E-state index in [1.807, 2.05) is 44.2 Å². The smallest absolute Gasteiger partial charge is 0.308 e. The number of ether oxygens (including phenoxy) is 4. The lowest BCUT2D eigenvalue weighted by molar-refractivity contribution is -0.211. The van der Waals surface area contributed by atoms with Gasteiger partial charge in [0.15, 0.2) is 0 Å². The van der Waals surface area contributed by atoms with E-state index in [9.17, 15) is 4.79 Å². The van der Waals surface area contributed by atoms with Crippen LogP contribution in [0.25, 0.3) is 0 Å². The van der Waals surface area contributed by atoms with Crippen molar-refractivity contribution in [1.29, 1.82) is 0 Å². The van der Waals surface area contributed by atoms with Gasteiger partial charge in [0.05, 0.1) is 18.6 Å². The minimum absolute atomic E-state index is 0.0408. The lowest BCUT2D eigenvalue weighted by atomic mass is 9.84. The van der Waals surface area contributed by atoms with Gasteiger partial charge in [0.2, 0.25) is 6.29 Å². The van der Waals surface area contributed by atoms with E-state index in [1.165, 1.54) is 7.11 Å². The molecule has 0 radical (unpaired) electrons. The molecule has 1 aromatic carbocycles. The number of benzene rings is 1. The van der Waals surface area contributed by atoms with E-state index in [0.29, 0.717) is 19.4 Å². The SMILES string of the molecule is COC1CC(C(C)(C)OCOCc2ccccc2)CC(=O)O1. The average molecular weight is 308 g/mol. The van der Waals surface area contributed by atoms with Crippen molar-refractivity contribution in [3.8, 4) is 0 Å². The highest BCUT2D eigenvalue weighted by molar-refractivity contribution is 5.70. The summed E-state index contributed by atoms with van der Waals surface area (Å²) in [6.07, 6.45) is 0.485. The summed E-state index contributed by atoms with van der Waals surface area (Å²) in [6, 6.07) is 9.93. The first-order valence-electron chi connectivity index (χ1n) is 7.49. The molecule has 1 fully saturated rings. The number of carbonyl (C=O) groups excluding carboxylic acids is 1. The molecule has 5 heteroatoms. The van der Waals surface area contributed by atoms with Crippen LogP contribution in [0.3, 0.4) is 0 Å². The number of esters is 1. The number of hydrogen-bond acceptors (Lipinski definition) is 5. The normalized spacial score (nSPS) is 22.4. The van der Waals surface area contributed by atoms with Crippen molar-refractivity contribution in [2.45, 2.75) is 45.2 Å². The summed E-state index contributed by atoms with van der Waals surface area (Å²) in [5.41, 5.74) is 0.622. The standard InChI is InChI=1S/C17H24O5/c1-17(2,14-9-15(18)22-16(10-14)19-3)21-12-20-11-13-7-5-4-6-8-13/h4-8,14,16H,9-12H2,1-3H3. The van der Waals surface area contributed by atoms with Gasteiger partial charge in [-0.25, -0.2) is 0 Å². The van der Waals surface area contributed by atoms with Crippen LogP contribution in [0.2, 0.25) is 0 Å². The Kier molecular flexibility index (Phi) is 5.94. The van der Waals surface area contributed by atoms with Gasteiger partial charge in [0.25, 0.3) is 0 Å². The van der Waals surface area contributed by atoms with Crippen molar-refractivity contribution in [2.75, 3.05) is 13.9 Å². The minimum atomic E-state index is -0.487. The van der Waals surface area contributed by atoms with Crippen molar-refractivity contribution in [2.24, 2.45) is 5.92 Å². The second-order valence-electron chi connectivity index (χ2n) is 5.99. The molecule has 1 aromatic rings. The number of hydrogen-bond donors (Lipinski definition) is 0. The molecule has 0 aliphatic carbocycles. The molecule has 2 atom stereocenters. The molecule has 2 rings (SSSR count). The highest BCUT2D eigenvalue weighted by Crippen LogP contribution is 2.33. The maximum absolute atomic E-state index is 11.6. The van der Waals surface area contributed by atoms with Crippen molar-refractivity contribution in [1.82, 2.24) is 0 Å². The van der Waals surface area contributed by atoms with Crippen LogP contribution in [-0.4, -0.2) is 31.8 Å². The molecule has 0 aromatic heterocycles. The molecule has 0 N–H and O–H groups in total. The van der Waals surface area contributed by atoms with Crippen LogP contribution in [0, 0.1) is 5.92 Å². The Morgan fingerprint density at radius 2 is 2.00 bits per heavy atom. The molecule has 1 saturated heterocycles. The van der Waals surface area contributed by atoms with Gasteiger partial charge in [-0.3, -0.25) is 4.79 Å². The number of methoxy groups -OCH3 is 1. The summed E-state index contributed by atoms with van der Waals surface area (Å²) in [5.74, 6) is -0.205. The fourth-order valence-electron chi connectivity index (χ4n) is 2.48. The summed E-state index contributed by atoms with van der Waals surface area (Å²) < 4.78 is 21.6. The lowest BCUT2D eigenvalue weighted by Gasteiger charge is -2.38. The van der Waals surface area contributed by atoms with Crippen LogP contribution in [0.5, 0.6) is 0 Å². The Labute approximate surface area is 131 Å². The van der Waals surface area contributed by atoms with Crippen molar-refractivity contribution < 1.29 is 23.7 Å². The third-order valence-electron chi connectivity index (χ3n) is 4.02. The first-order valence-corrected chi connectivity index (χ1v) is 7.49. The maximum Gasteiger partial charge on any atom is 0.308 e. The fourth-order valence-corrected chi connectivity index (χ4v) is 2.48. The van der Waals surface area contributed by atoms with Gasteiger partial charge in [-0.05, 0) is 19.4 Å². The lowest BCUT2D eigenvalue weighted by Crippen LogP contribution is -2.43. The largest absolute Gasteiger partial charge is 0.436 e. The van der Waals surface area contributed by atoms with Gasteiger partial charge in [0.1, 0.15) is 6.79 Å². The Hall–Kier alpha value is -1.43. The van der Waals surface area contributed by atoms with Crippen LogP contribution >= 0.6 is 0 Å². The molecule has 122 valence electrons. The Morgan fingerprint density at radius 1 is 1.27 bits per heavy atom. The van der Waals surface area contributed by atoms with Crippen molar-refractivity contribution in [3.63, 3.8) is 0 Å². The van der Waals surface area contributed by atoms with Gasteiger partial charge in [-0.2, -0.15) is 0 Å². The van der Waals surface area contributed by atoms with E-state index in [2.05, 4.69) is 0 Å². The second kappa shape index (κ2) is 7.72. The molecule has 0 saturated carbocycles. The molecule has 5 nitrogen and oxygen atoms in total. The molecule has 0 bridgehead atoms. The summed E-state index contributed by atoms with van der Waals surface area (Å²) in [7, 11) is 1.54. The van der Waals surface area contributed by atoms with Crippen LogP contribution < -0.4 is 0 Å². The third-order valence-corrected chi connectivity index (χ3v) is 4.02. The summed E-state index contributed by atoms with van der Waals surface area (Å²) in [5, 5.41) is 0. The summed E-state index contributed by atoms with van der Waals surface area (Å²) in [6.45, 7) is 4.62. The van der Waals surface area contributed by atoms with Gasteiger partial charge in [0, 0.05) is 19.4 Å². The van der Waals surface area contributed by atoms with Crippen molar-refractivity contribution in [3.05, 3.63) is 35.9 Å². The van der Waals surface area contributed by atoms with E-state index in [1.54, 1.807) is 0 Å². The molecule has 2 unspecified atom stereocenters. The van der Waals surface area contributed by atoms with E-state index in [4.69, 9.17) is 18.9 Å². The van der Waals surface area contributed by atoms with Gasteiger partial charge in [-0.15, -0.1) is 0 Å². The molecule has 0 spiro atoms. The van der Waals surface area contributed by atoms with Crippen LogP contribution in [-0.2, 0) is 30.3 Å². The predicted octanol–water partition coefficient (Wildman–Crippen LogP) is 2.88. The van der Waals surface area contributed by atoms with E-state index in [-0.39, 0.29) is 18.7 Å². The van der Waals surface area contributed by atoms with Crippen LogP contribution in [0.1, 0.15) is 32.3 Å². The number of cyclic esters (lactones) is 1. The summed E-state index contributed by atoms with van der Waals surface area (Å²) in [4.78, 5) is 11.6. The Bertz CT molecular complexity index is 471. The van der Waals surface area contributed by atoms with Gasteiger partial charge >= 0.3 is 5.97 Å². The first kappa shape index (κ1) is 16.9. The fraction of sp³-hybridized carbons (Fsp3) is 0.588. The van der Waals surface area contributed by atoms with E-state index < -0.39 is 11.9 Å². The zero-order valence-electron chi connectivity index (χ0n) is 13.4. The zero-order chi connectivity index (χ0) is 16.0. The molecule has 0 amide bonds. The minimum Gasteiger partial charge on any atom is -0.436 e. The monoisotopic (exact) mass is 308 g/mol. The molecule has 1 heterocycles. The van der Waals surface area contributed by atoms with Crippen LogP contribution in [0.15, 0.2) is 30.3 Å². The topological polar surface area (TPSA) is 54.0 Å². The average Bonchev–Trinajstić information content (AvgIpc) is 2.52. The predicted molar refractivity (Wildman–Crippen MR) is 80.9 cm³/mol. The van der Waals surface area contributed by atoms with E-state index >= 15 is 0 Å². The number of carbonyl (C=O) groups is 1. The van der Waals surface area contributed by atoms with E-state index in [0.717, 1.165) is 5.56 Å². The number of rotatable bonds is 7. The molecule has 1 aliphatic rings. The molecule has 22 heavy (non-hydrogen) atoms. The maximum atomic E-state index is 11.6. The zero-order valence-corrected chi connectivity index (χ0v) is 13.4. The Morgan fingerprint density at radius 3 is 2.68 bits per heavy atom. The highest BCUT2D eigenvalue weighted by Gasteiger charge is 2.39. The van der Waals surface area contributed by atoms with Gasteiger partial charge in [-0.1, -0.05) is 30.3 Å². The third kappa shape index (κ3) is 4.80. The highest BCUT2D eigenvalue weighted by atomic mass is 16.7. The molecular weight excluding hydrogens is 284 g/mol. The molecule has 1 aliphatic heterocycles. The van der Waals surface area contributed by atoms with Crippen LogP contribution in [0.4, 0.5) is 0 Å². The van der Waals surface area contributed by atoms with Crippen molar-refractivity contribution >= 4 is 5.97 Å². The summed E-state index contributed by atoms with van der Waals surface area (Å²) >= 11 is 0.